The molecule has 0 atom stereocenters. The van der Waals surface area contributed by atoms with Crippen LogP contribution in [0.5, 0.6) is 0 Å². The van der Waals surface area contributed by atoms with Gasteiger partial charge in [0.15, 0.2) is 0 Å². The van der Waals surface area contributed by atoms with Gasteiger partial charge in [-0.2, -0.15) is 5.10 Å². The van der Waals surface area contributed by atoms with E-state index < -0.39 is 0 Å². The van der Waals surface area contributed by atoms with E-state index in [0.29, 0.717) is 0 Å². The molecule has 0 aliphatic carbocycles. The maximum absolute atomic E-state index is 4.27. The van der Waals surface area contributed by atoms with Crippen molar-refractivity contribution in [1.82, 2.24) is 5.01 Å². The molecule has 0 saturated heterocycles. The first-order chi connectivity index (χ1) is 5.37. The van der Waals surface area contributed by atoms with Crippen LogP contribution >= 0.6 is 0 Å². The molecule has 0 saturated carbocycles. The number of nitrogens with zero attached hydrogens (tertiary/aromatic N) is 2. The Morgan fingerprint density at radius 3 is 2.33 bits per heavy atom. The first kappa shape index (κ1) is 11.2. The third-order valence-electron chi connectivity index (χ3n) is 1.48. The van der Waals surface area contributed by atoms with Gasteiger partial charge in [-0.05, 0) is 11.8 Å². The van der Waals surface area contributed by atoms with Gasteiger partial charge in [-0.25, -0.2) is 0 Å². The van der Waals surface area contributed by atoms with Crippen LogP contribution in [0.1, 0.15) is 34.1 Å². The SMILES string of the molecule is C=C(CC)N(C)/N=C/C(C)(C)C. The number of hydrogen-bond donors (Lipinski definition) is 0. The summed E-state index contributed by atoms with van der Waals surface area (Å²) in [6, 6.07) is 0. The van der Waals surface area contributed by atoms with Gasteiger partial charge in [0.05, 0.1) is 0 Å². The molecule has 0 bridgehead atoms. The lowest BCUT2D eigenvalue weighted by molar-refractivity contribution is 0.427. The van der Waals surface area contributed by atoms with E-state index in [1.165, 1.54) is 0 Å². The molecule has 0 aliphatic heterocycles. The molecule has 0 radical (unpaired) electrons. The highest BCUT2D eigenvalue weighted by molar-refractivity contribution is 5.63. The standard InChI is InChI=1S/C10H20N2/c1-7-9(2)12(6)11-8-10(3,4)5/h8H,2,7H2,1,3-6H3/b11-8+. The second kappa shape index (κ2) is 4.29. The molecule has 0 heterocycles. The molecule has 0 N–H and O–H groups in total. The first-order valence-corrected chi connectivity index (χ1v) is 4.33. The smallest absolute Gasteiger partial charge is 0.0302 e. The van der Waals surface area contributed by atoms with Gasteiger partial charge >= 0.3 is 0 Å². The van der Waals surface area contributed by atoms with Crippen LogP contribution in [0.4, 0.5) is 0 Å². The Morgan fingerprint density at radius 2 is 2.00 bits per heavy atom. The molecule has 70 valence electrons. The van der Waals surface area contributed by atoms with Gasteiger partial charge in [0.2, 0.25) is 0 Å². The summed E-state index contributed by atoms with van der Waals surface area (Å²) in [6.07, 6.45) is 2.88. The molecule has 0 spiro atoms. The van der Waals surface area contributed by atoms with Gasteiger partial charge in [0.25, 0.3) is 0 Å². The van der Waals surface area contributed by atoms with Crippen molar-refractivity contribution in [3.05, 3.63) is 12.3 Å². The fourth-order valence-corrected chi connectivity index (χ4v) is 0.570. The molecule has 0 aromatic rings. The summed E-state index contributed by atoms with van der Waals surface area (Å²) in [5.74, 6) is 0. The van der Waals surface area contributed by atoms with Crippen LogP contribution in [-0.4, -0.2) is 18.3 Å². The Kier molecular flexibility index (Phi) is 4.01. The number of allylic oxidation sites excluding steroid dienone is 1. The van der Waals surface area contributed by atoms with Crippen molar-refractivity contribution in [3.63, 3.8) is 0 Å². The molecule has 0 amide bonds. The molecule has 0 aliphatic rings. The molecule has 12 heavy (non-hydrogen) atoms. The van der Waals surface area contributed by atoms with Crippen LogP contribution in [0.2, 0.25) is 0 Å². The number of hydrogen-bond acceptors (Lipinski definition) is 2. The molecule has 0 unspecified atom stereocenters. The van der Waals surface area contributed by atoms with Gasteiger partial charge < -0.3 is 0 Å². The Morgan fingerprint density at radius 1 is 1.50 bits per heavy atom. The van der Waals surface area contributed by atoms with Crippen molar-refractivity contribution in [2.24, 2.45) is 10.5 Å². The van der Waals surface area contributed by atoms with E-state index in [0.717, 1.165) is 12.1 Å². The van der Waals surface area contributed by atoms with Crippen LogP contribution in [0.15, 0.2) is 17.4 Å². The summed E-state index contributed by atoms with van der Waals surface area (Å²) in [5, 5.41) is 6.10. The van der Waals surface area contributed by atoms with Crippen molar-refractivity contribution in [3.8, 4) is 0 Å². The molecular weight excluding hydrogens is 148 g/mol. The Bertz CT molecular complexity index is 175. The molecule has 0 fully saturated rings. The highest BCUT2D eigenvalue weighted by atomic mass is 15.4. The highest BCUT2D eigenvalue weighted by Gasteiger charge is 2.05. The van der Waals surface area contributed by atoms with E-state index in [4.69, 9.17) is 0 Å². The Labute approximate surface area is 76.0 Å². The largest absolute Gasteiger partial charge is 0.274 e. The van der Waals surface area contributed by atoms with Gasteiger partial charge in [-0.1, -0.05) is 34.3 Å². The van der Waals surface area contributed by atoms with Crippen LogP contribution in [0, 0.1) is 5.41 Å². The van der Waals surface area contributed by atoms with Crippen molar-refractivity contribution >= 4 is 6.21 Å². The van der Waals surface area contributed by atoms with Gasteiger partial charge in [-0.3, -0.25) is 5.01 Å². The fraction of sp³-hybridized carbons (Fsp3) is 0.700. The summed E-state index contributed by atoms with van der Waals surface area (Å²) in [4.78, 5) is 0. The molecule has 0 aromatic carbocycles. The zero-order valence-corrected chi connectivity index (χ0v) is 8.89. The maximum Gasteiger partial charge on any atom is 0.0302 e. The minimum atomic E-state index is 0.141. The lowest BCUT2D eigenvalue weighted by Crippen LogP contribution is -2.14. The van der Waals surface area contributed by atoms with Crippen LogP contribution in [-0.2, 0) is 0 Å². The van der Waals surface area contributed by atoms with Crippen molar-refractivity contribution in [2.45, 2.75) is 34.1 Å². The van der Waals surface area contributed by atoms with E-state index in [2.05, 4.69) is 39.4 Å². The average Bonchev–Trinajstić information content (AvgIpc) is 1.97. The fourth-order valence-electron chi connectivity index (χ4n) is 0.570. The Hall–Kier alpha value is -0.790. The van der Waals surface area contributed by atoms with Crippen molar-refractivity contribution in [2.75, 3.05) is 7.05 Å². The van der Waals surface area contributed by atoms with Gasteiger partial charge in [-0.15, -0.1) is 0 Å². The summed E-state index contributed by atoms with van der Waals surface area (Å²) in [7, 11) is 1.92. The van der Waals surface area contributed by atoms with Crippen molar-refractivity contribution in [1.29, 1.82) is 0 Å². The first-order valence-electron chi connectivity index (χ1n) is 4.33. The maximum atomic E-state index is 4.27. The summed E-state index contributed by atoms with van der Waals surface area (Å²) in [6.45, 7) is 12.3. The molecule has 2 nitrogen and oxygen atoms in total. The second-order valence-electron chi connectivity index (χ2n) is 4.05. The highest BCUT2D eigenvalue weighted by Crippen LogP contribution is 2.10. The third kappa shape index (κ3) is 4.94. The average molecular weight is 168 g/mol. The molecule has 2 heteroatoms. The monoisotopic (exact) mass is 168 g/mol. The molecular formula is C10H20N2. The van der Waals surface area contributed by atoms with Crippen molar-refractivity contribution < 1.29 is 0 Å². The second-order valence-corrected chi connectivity index (χ2v) is 4.05. The van der Waals surface area contributed by atoms with Crippen LogP contribution in [0.3, 0.4) is 0 Å². The predicted molar refractivity (Wildman–Crippen MR) is 55.1 cm³/mol. The van der Waals surface area contributed by atoms with E-state index in [1.54, 1.807) is 0 Å². The normalized spacial score (nSPS) is 12.1. The Balaban J connectivity index is 4.09. The molecule has 0 rings (SSSR count). The minimum absolute atomic E-state index is 0.141. The summed E-state index contributed by atoms with van der Waals surface area (Å²) >= 11 is 0. The lowest BCUT2D eigenvalue weighted by atomic mass is 9.99. The summed E-state index contributed by atoms with van der Waals surface area (Å²) < 4.78 is 0. The van der Waals surface area contributed by atoms with E-state index in [1.807, 2.05) is 18.3 Å². The van der Waals surface area contributed by atoms with Gasteiger partial charge in [0, 0.05) is 19.0 Å². The topological polar surface area (TPSA) is 15.6 Å². The number of hydrazone groups is 1. The number of rotatable bonds is 3. The van der Waals surface area contributed by atoms with Crippen LogP contribution < -0.4 is 0 Å². The summed E-state index contributed by atoms with van der Waals surface area (Å²) in [5.41, 5.74) is 1.18. The third-order valence-corrected chi connectivity index (χ3v) is 1.48. The molecule has 0 aromatic heterocycles. The quantitative estimate of drug-likeness (QED) is 0.467. The van der Waals surface area contributed by atoms with E-state index in [-0.39, 0.29) is 5.41 Å². The zero-order valence-electron chi connectivity index (χ0n) is 8.89. The lowest BCUT2D eigenvalue weighted by Gasteiger charge is -2.17. The van der Waals surface area contributed by atoms with E-state index in [9.17, 15) is 0 Å². The van der Waals surface area contributed by atoms with E-state index >= 15 is 0 Å². The van der Waals surface area contributed by atoms with Crippen LogP contribution in [0.25, 0.3) is 0 Å². The minimum Gasteiger partial charge on any atom is -0.274 e. The van der Waals surface area contributed by atoms with Gasteiger partial charge in [0.1, 0.15) is 0 Å². The zero-order chi connectivity index (χ0) is 9.78. The predicted octanol–water partition coefficient (Wildman–Crippen LogP) is 2.87.